The first-order valence-electron chi connectivity index (χ1n) is 6.42. The van der Waals surface area contributed by atoms with Crippen molar-refractivity contribution in [2.75, 3.05) is 13.7 Å². The van der Waals surface area contributed by atoms with Gasteiger partial charge in [-0.05, 0) is 13.0 Å². The fourth-order valence-electron chi connectivity index (χ4n) is 1.86. The van der Waals surface area contributed by atoms with E-state index in [-0.39, 0.29) is 5.91 Å². The molecule has 0 unspecified atom stereocenters. The summed E-state index contributed by atoms with van der Waals surface area (Å²) in [5, 5.41) is 4.08. The molecule has 2 rings (SSSR count). The van der Waals surface area contributed by atoms with Gasteiger partial charge in [0.1, 0.15) is 0 Å². The van der Waals surface area contributed by atoms with Crippen LogP contribution in [-0.4, -0.2) is 39.2 Å². The number of aryl methyl sites for hydroxylation is 1. The molecule has 0 bridgehead atoms. The average molecular weight is 274 g/mol. The van der Waals surface area contributed by atoms with Crippen LogP contribution in [0.3, 0.4) is 0 Å². The molecule has 0 aliphatic rings. The van der Waals surface area contributed by atoms with Gasteiger partial charge in [0.15, 0.2) is 0 Å². The van der Waals surface area contributed by atoms with Crippen molar-refractivity contribution in [3.05, 3.63) is 41.9 Å². The maximum atomic E-state index is 12.2. The van der Waals surface area contributed by atoms with Crippen LogP contribution in [0.25, 0.3) is 0 Å². The van der Waals surface area contributed by atoms with Crippen molar-refractivity contribution in [1.82, 2.24) is 19.7 Å². The fourth-order valence-corrected chi connectivity index (χ4v) is 1.86. The molecule has 20 heavy (non-hydrogen) atoms. The molecule has 2 heterocycles. The van der Waals surface area contributed by atoms with Crippen LogP contribution in [0.2, 0.25) is 0 Å². The number of hydrogen-bond acceptors (Lipinski definition) is 4. The second-order valence-corrected chi connectivity index (χ2v) is 4.50. The maximum absolute atomic E-state index is 12.2. The van der Waals surface area contributed by atoms with E-state index in [0.717, 1.165) is 5.56 Å². The molecule has 0 spiro atoms. The summed E-state index contributed by atoms with van der Waals surface area (Å²) in [6, 6.07) is 3.43. The van der Waals surface area contributed by atoms with Crippen LogP contribution in [0.4, 0.5) is 0 Å². The number of aromatic nitrogens is 3. The molecule has 106 valence electrons. The highest BCUT2D eigenvalue weighted by molar-refractivity contribution is 5.93. The standard InChI is InChI=1S/C14H18N4O2/c1-4-20-13-6-5-12(8-15-13)14(19)17(2)9-11-7-16-18(3)10-11/h5-8,10H,4,9H2,1-3H3. The normalized spacial score (nSPS) is 10.3. The minimum atomic E-state index is -0.0793. The lowest BCUT2D eigenvalue weighted by molar-refractivity contribution is 0.0784. The van der Waals surface area contributed by atoms with Crippen molar-refractivity contribution >= 4 is 5.91 Å². The van der Waals surface area contributed by atoms with E-state index in [1.165, 1.54) is 6.20 Å². The fraction of sp³-hybridized carbons (Fsp3) is 0.357. The van der Waals surface area contributed by atoms with Crippen molar-refractivity contribution in [3.63, 3.8) is 0 Å². The number of carbonyl (C=O) groups excluding carboxylic acids is 1. The predicted octanol–water partition coefficient (Wildman–Crippen LogP) is 1.49. The van der Waals surface area contributed by atoms with Gasteiger partial charge in [0.25, 0.3) is 5.91 Å². The maximum Gasteiger partial charge on any atom is 0.255 e. The summed E-state index contributed by atoms with van der Waals surface area (Å²) in [5.41, 5.74) is 1.53. The molecule has 0 fully saturated rings. The molecule has 0 saturated heterocycles. The van der Waals surface area contributed by atoms with Crippen LogP contribution in [0.15, 0.2) is 30.7 Å². The lowest BCUT2D eigenvalue weighted by Gasteiger charge is -2.16. The first-order chi connectivity index (χ1) is 9.60. The van der Waals surface area contributed by atoms with Crippen LogP contribution in [0.1, 0.15) is 22.8 Å². The van der Waals surface area contributed by atoms with E-state index in [2.05, 4.69) is 10.1 Å². The highest BCUT2D eigenvalue weighted by atomic mass is 16.5. The Hall–Kier alpha value is -2.37. The van der Waals surface area contributed by atoms with Gasteiger partial charge in [-0.25, -0.2) is 4.98 Å². The van der Waals surface area contributed by atoms with Crippen molar-refractivity contribution in [1.29, 1.82) is 0 Å². The molecular weight excluding hydrogens is 256 g/mol. The molecule has 1 amide bonds. The van der Waals surface area contributed by atoms with Crippen LogP contribution < -0.4 is 4.74 Å². The minimum Gasteiger partial charge on any atom is -0.478 e. The number of ether oxygens (including phenoxy) is 1. The van der Waals surface area contributed by atoms with Gasteiger partial charge in [0.2, 0.25) is 5.88 Å². The SMILES string of the molecule is CCOc1ccc(C(=O)N(C)Cc2cnn(C)c2)cn1. The summed E-state index contributed by atoms with van der Waals surface area (Å²) >= 11 is 0. The summed E-state index contributed by atoms with van der Waals surface area (Å²) < 4.78 is 6.97. The highest BCUT2D eigenvalue weighted by Crippen LogP contribution is 2.11. The zero-order chi connectivity index (χ0) is 14.5. The van der Waals surface area contributed by atoms with Crippen molar-refractivity contribution < 1.29 is 9.53 Å². The summed E-state index contributed by atoms with van der Waals surface area (Å²) in [4.78, 5) is 18.0. The van der Waals surface area contributed by atoms with Crippen LogP contribution >= 0.6 is 0 Å². The Kier molecular flexibility index (Phi) is 4.34. The van der Waals surface area contributed by atoms with Crippen LogP contribution in [-0.2, 0) is 13.6 Å². The zero-order valence-corrected chi connectivity index (χ0v) is 11.9. The van der Waals surface area contributed by atoms with Gasteiger partial charge in [0, 0.05) is 44.7 Å². The Morgan fingerprint density at radius 1 is 1.40 bits per heavy atom. The molecule has 0 radical (unpaired) electrons. The van der Waals surface area contributed by atoms with E-state index in [1.807, 2.05) is 20.2 Å². The molecule has 2 aromatic rings. The third kappa shape index (κ3) is 3.34. The number of amides is 1. The van der Waals surface area contributed by atoms with Crippen LogP contribution in [0, 0.1) is 0 Å². The Bertz CT molecular complexity index is 577. The Morgan fingerprint density at radius 2 is 2.20 bits per heavy atom. The number of pyridine rings is 1. The lowest BCUT2D eigenvalue weighted by Crippen LogP contribution is -2.26. The molecule has 6 heteroatoms. The molecule has 2 aromatic heterocycles. The van der Waals surface area contributed by atoms with Crippen LogP contribution in [0.5, 0.6) is 5.88 Å². The van der Waals surface area contributed by atoms with Crippen molar-refractivity contribution in [2.45, 2.75) is 13.5 Å². The Morgan fingerprint density at radius 3 is 2.75 bits per heavy atom. The quantitative estimate of drug-likeness (QED) is 0.828. The van der Waals surface area contributed by atoms with E-state index >= 15 is 0 Å². The molecule has 6 nitrogen and oxygen atoms in total. The first-order valence-corrected chi connectivity index (χ1v) is 6.42. The second-order valence-electron chi connectivity index (χ2n) is 4.50. The van der Waals surface area contributed by atoms with E-state index in [1.54, 1.807) is 35.0 Å². The van der Waals surface area contributed by atoms with Gasteiger partial charge in [-0.1, -0.05) is 0 Å². The number of rotatable bonds is 5. The zero-order valence-electron chi connectivity index (χ0n) is 11.9. The van der Waals surface area contributed by atoms with Gasteiger partial charge in [0.05, 0.1) is 18.4 Å². The Balaban J connectivity index is 2.02. The summed E-state index contributed by atoms with van der Waals surface area (Å²) in [6.45, 7) is 2.96. The molecule has 0 aromatic carbocycles. The van der Waals surface area contributed by atoms with Gasteiger partial charge < -0.3 is 9.64 Å². The third-order valence-corrected chi connectivity index (χ3v) is 2.80. The third-order valence-electron chi connectivity index (χ3n) is 2.80. The summed E-state index contributed by atoms with van der Waals surface area (Å²) in [7, 11) is 3.60. The summed E-state index contributed by atoms with van der Waals surface area (Å²) in [6.07, 6.45) is 5.17. The van der Waals surface area contributed by atoms with Crippen molar-refractivity contribution in [3.8, 4) is 5.88 Å². The molecule has 0 N–H and O–H groups in total. The first kappa shape index (κ1) is 14.0. The average Bonchev–Trinajstić information content (AvgIpc) is 2.84. The minimum absolute atomic E-state index is 0.0793. The Labute approximate surface area is 118 Å². The number of carbonyl (C=O) groups is 1. The van der Waals surface area contributed by atoms with Gasteiger partial charge in [-0.15, -0.1) is 0 Å². The highest BCUT2D eigenvalue weighted by Gasteiger charge is 2.13. The van der Waals surface area contributed by atoms with E-state index in [0.29, 0.717) is 24.6 Å². The summed E-state index contributed by atoms with van der Waals surface area (Å²) in [5.74, 6) is 0.448. The van der Waals surface area contributed by atoms with Gasteiger partial charge in [-0.2, -0.15) is 5.10 Å². The predicted molar refractivity (Wildman–Crippen MR) is 74.4 cm³/mol. The largest absolute Gasteiger partial charge is 0.478 e. The van der Waals surface area contributed by atoms with E-state index < -0.39 is 0 Å². The molecule has 0 aliphatic carbocycles. The topological polar surface area (TPSA) is 60.2 Å². The monoisotopic (exact) mass is 274 g/mol. The number of nitrogens with zero attached hydrogens (tertiary/aromatic N) is 4. The van der Waals surface area contributed by atoms with E-state index in [4.69, 9.17) is 4.74 Å². The van der Waals surface area contributed by atoms with Gasteiger partial charge in [-0.3, -0.25) is 9.48 Å². The van der Waals surface area contributed by atoms with Gasteiger partial charge >= 0.3 is 0 Å². The number of hydrogen-bond donors (Lipinski definition) is 0. The molecule has 0 saturated carbocycles. The van der Waals surface area contributed by atoms with E-state index in [9.17, 15) is 4.79 Å². The molecule has 0 atom stereocenters. The van der Waals surface area contributed by atoms with Crippen molar-refractivity contribution in [2.24, 2.45) is 7.05 Å². The smallest absolute Gasteiger partial charge is 0.255 e. The second kappa shape index (κ2) is 6.18. The molecule has 0 aliphatic heterocycles. The lowest BCUT2D eigenvalue weighted by atomic mass is 10.2. The molecular formula is C14H18N4O2.